The molecule has 1 N–H and O–H groups in total. The highest BCUT2D eigenvalue weighted by Crippen LogP contribution is 2.31. The van der Waals surface area contributed by atoms with Gasteiger partial charge in [-0.2, -0.15) is 5.10 Å². The third-order valence-corrected chi connectivity index (χ3v) is 4.98. The SMILES string of the molecule is Cc1nc2ccccn2c1C(=O)NN=C1C[C@H](C)CC[C@H]1C(C)C. The molecule has 0 spiro atoms. The highest BCUT2D eigenvalue weighted by atomic mass is 16.2. The Morgan fingerprint density at radius 3 is 2.92 bits per heavy atom. The Kier molecular flexibility index (Phi) is 4.69. The number of imidazole rings is 1. The lowest BCUT2D eigenvalue weighted by Crippen LogP contribution is -2.31. The number of fused-ring (bicyclic) bond motifs is 1. The van der Waals surface area contributed by atoms with Gasteiger partial charge in [-0.15, -0.1) is 0 Å². The number of aromatic nitrogens is 2. The van der Waals surface area contributed by atoms with Crippen LogP contribution in [0, 0.1) is 24.7 Å². The van der Waals surface area contributed by atoms with Crippen molar-refractivity contribution in [2.24, 2.45) is 22.9 Å². The number of hydrogen-bond donors (Lipinski definition) is 1. The Hall–Kier alpha value is -2.17. The molecule has 5 heteroatoms. The Morgan fingerprint density at radius 1 is 1.38 bits per heavy atom. The van der Waals surface area contributed by atoms with E-state index in [1.54, 1.807) is 0 Å². The van der Waals surface area contributed by atoms with Crippen LogP contribution in [0.2, 0.25) is 0 Å². The van der Waals surface area contributed by atoms with E-state index in [9.17, 15) is 4.79 Å². The van der Waals surface area contributed by atoms with E-state index in [2.05, 4.69) is 36.3 Å². The lowest BCUT2D eigenvalue weighted by Gasteiger charge is -2.30. The Labute approximate surface area is 143 Å². The van der Waals surface area contributed by atoms with Crippen LogP contribution in [-0.4, -0.2) is 21.0 Å². The van der Waals surface area contributed by atoms with Crippen LogP contribution >= 0.6 is 0 Å². The number of amides is 1. The van der Waals surface area contributed by atoms with Gasteiger partial charge in [0, 0.05) is 17.8 Å². The summed E-state index contributed by atoms with van der Waals surface area (Å²) in [6.07, 6.45) is 5.22. The maximum atomic E-state index is 12.7. The van der Waals surface area contributed by atoms with Gasteiger partial charge in [0.1, 0.15) is 11.3 Å². The topological polar surface area (TPSA) is 58.8 Å². The van der Waals surface area contributed by atoms with Gasteiger partial charge in [-0.3, -0.25) is 9.20 Å². The van der Waals surface area contributed by atoms with Crippen LogP contribution in [0.4, 0.5) is 0 Å². The van der Waals surface area contributed by atoms with Gasteiger partial charge < -0.3 is 0 Å². The summed E-state index contributed by atoms with van der Waals surface area (Å²) in [6, 6.07) is 5.71. The molecule has 5 nitrogen and oxygen atoms in total. The van der Waals surface area contributed by atoms with E-state index >= 15 is 0 Å². The largest absolute Gasteiger partial charge is 0.295 e. The van der Waals surface area contributed by atoms with Crippen LogP contribution in [0.5, 0.6) is 0 Å². The summed E-state index contributed by atoms with van der Waals surface area (Å²) in [4.78, 5) is 17.1. The third-order valence-electron chi connectivity index (χ3n) is 4.98. The Bertz CT molecular complexity index is 775. The second-order valence-corrected chi connectivity index (χ2v) is 7.26. The van der Waals surface area contributed by atoms with Crippen LogP contribution in [0.25, 0.3) is 5.65 Å². The minimum absolute atomic E-state index is 0.195. The molecule has 24 heavy (non-hydrogen) atoms. The second-order valence-electron chi connectivity index (χ2n) is 7.26. The molecule has 1 aliphatic carbocycles. The molecule has 0 aromatic carbocycles. The maximum absolute atomic E-state index is 12.7. The third kappa shape index (κ3) is 3.21. The molecule has 2 atom stereocenters. The van der Waals surface area contributed by atoms with Crippen LogP contribution in [0.15, 0.2) is 29.5 Å². The number of carbonyl (C=O) groups is 1. The molecule has 1 saturated carbocycles. The fourth-order valence-electron chi connectivity index (χ4n) is 3.65. The maximum Gasteiger partial charge on any atom is 0.290 e. The van der Waals surface area contributed by atoms with Gasteiger partial charge >= 0.3 is 0 Å². The van der Waals surface area contributed by atoms with Crippen LogP contribution in [0.1, 0.15) is 56.2 Å². The summed E-state index contributed by atoms with van der Waals surface area (Å²) in [6.45, 7) is 8.57. The molecule has 1 aliphatic rings. The number of hydrazone groups is 1. The van der Waals surface area contributed by atoms with Gasteiger partial charge in [-0.25, -0.2) is 10.4 Å². The number of nitrogens with one attached hydrogen (secondary N) is 1. The van der Waals surface area contributed by atoms with Crippen molar-refractivity contribution in [3.05, 3.63) is 35.8 Å². The number of rotatable bonds is 3. The molecule has 2 aromatic heterocycles. The molecular weight excluding hydrogens is 300 g/mol. The first kappa shape index (κ1) is 16.7. The average Bonchev–Trinajstić information content (AvgIpc) is 2.88. The standard InChI is InChI=1S/C19H26N4O/c1-12(2)15-9-8-13(3)11-16(15)21-22-19(24)18-14(4)20-17-7-5-6-10-23(17)18/h5-7,10,12-13,15H,8-9,11H2,1-4H3,(H,22,24)/t13-,15+/m1/s1. The predicted molar refractivity (Wildman–Crippen MR) is 96.2 cm³/mol. The lowest BCUT2D eigenvalue weighted by atomic mass is 9.76. The van der Waals surface area contributed by atoms with Gasteiger partial charge in [0.15, 0.2) is 0 Å². The molecule has 2 heterocycles. The molecule has 128 valence electrons. The Balaban J connectivity index is 1.84. The molecule has 1 fully saturated rings. The van der Waals surface area contributed by atoms with Gasteiger partial charge in [0.2, 0.25) is 0 Å². The second kappa shape index (κ2) is 6.75. The monoisotopic (exact) mass is 326 g/mol. The fourth-order valence-corrected chi connectivity index (χ4v) is 3.65. The van der Waals surface area contributed by atoms with E-state index in [1.165, 1.54) is 6.42 Å². The van der Waals surface area contributed by atoms with Crippen molar-refractivity contribution in [2.75, 3.05) is 0 Å². The molecule has 1 amide bonds. The van der Waals surface area contributed by atoms with Crippen molar-refractivity contribution < 1.29 is 4.79 Å². The zero-order valence-corrected chi connectivity index (χ0v) is 14.9. The van der Waals surface area contributed by atoms with E-state index in [0.717, 1.165) is 29.9 Å². The van der Waals surface area contributed by atoms with Crippen LogP contribution in [0.3, 0.4) is 0 Å². The first-order valence-electron chi connectivity index (χ1n) is 8.77. The molecular formula is C19H26N4O. The molecule has 2 aromatic rings. The minimum atomic E-state index is -0.195. The summed E-state index contributed by atoms with van der Waals surface area (Å²) < 4.78 is 1.81. The van der Waals surface area contributed by atoms with Gasteiger partial charge in [0.25, 0.3) is 5.91 Å². The first-order chi connectivity index (χ1) is 11.5. The van der Waals surface area contributed by atoms with Crippen molar-refractivity contribution in [3.8, 4) is 0 Å². The van der Waals surface area contributed by atoms with Gasteiger partial charge in [-0.1, -0.05) is 26.8 Å². The summed E-state index contributed by atoms with van der Waals surface area (Å²) >= 11 is 0. The highest BCUT2D eigenvalue weighted by molar-refractivity contribution is 5.96. The molecule has 0 radical (unpaired) electrons. The van der Waals surface area contributed by atoms with E-state index in [4.69, 9.17) is 0 Å². The van der Waals surface area contributed by atoms with Crippen molar-refractivity contribution in [2.45, 2.75) is 47.0 Å². The highest BCUT2D eigenvalue weighted by Gasteiger charge is 2.27. The van der Waals surface area contributed by atoms with E-state index in [-0.39, 0.29) is 5.91 Å². The van der Waals surface area contributed by atoms with E-state index < -0.39 is 0 Å². The number of nitrogens with zero attached hydrogens (tertiary/aromatic N) is 3. The molecule has 0 bridgehead atoms. The number of hydrogen-bond acceptors (Lipinski definition) is 3. The normalized spacial score (nSPS) is 23.1. The summed E-state index contributed by atoms with van der Waals surface area (Å²) in [7, 11) is 0. The predicted octanol–water partition coefficient (Wildman–Crippen LogP) is 3.82. The summed E-state index contributed by atoms with van der Waals surface area (Å²) in [5.74, 6) is 1.45. The van der Waals surface area contributed by atoms with E-state index in [1.807, 2.05) is 35.7 Å². The molecule has 0 unspecified atom stereocenters. The zero-order valence-electron chi connectivity index (χ0n) is 14.9. The van der Waals surface area contributed by atoms with Crippen LogP contribution in [-0.2, 0) is 0 Å². The number of pyridine rings is 1. The smallest absolute Gasteiger partial charge is 0.290 e. The fraction of sp³-hybridized carbons (Fsp3) is 0.526. The molecule has 3 rings (SSSR count). The van der Waals surface area contributed by atoms with Crippen molar-refractivity contribution in [3.63, 3.8) is 0 Å². The summed E-state index contributed by atoms with van der Waals surface area (Å²) in [5, 5.41) is 4.52. The van der Waals surface area contributed by atoms with Gasteiger partial charge in [-0.05, 0) is 50.2 Å². The molecule has 0 aliphatic heterocycles. The molecule has 0 saturated heterocycles. The lowest BCUT2D eigenvalue weighted by molar-refractivity contribution is 0.0947. The van der Waals surface area contributed by atoms with E-state index in [0.29, 0.717) is 23.4 Å². The Morgan fingerprint density at radius 2 is 2.17 bits per heavy atom. The quantitative estimate of drug-likeness (QED) is 0.872. The first-order valence-corrected chi connectivity index (χ1v) is 8.77. The van der Waals surface area contributed by atoms with Crippen molar-refractivity contribution in [1.29, 1.82) is 0 Å². The number of aryl methyl sites for hydroxylation is 1. The summed E-state index contributed by atoms with van der Waals surface area (Å²) in [5.41, 5.74) is 5.96. The van der Waals surface area contributed by atoms with Crippen molar-refractivity contribution >= 4 is 17.3 Å². The average molecular weight is 326 g/mol. The number of carbonyl (C=O) groups excluding carboxylic acids is 1. The van der Waals surface area contributed by atoms with Crippen LogP contribution < -0.4 is 5.43 Å². The van der Waals surface area contributed by atoms with Crippen molar-refractivity contribution in [1.82, 2.24) is 14.8 Å². The van der Waals surface area contributed by atoms with Gasteiger partial charge in [0.05, 0.1) is 5.69 Å². The zero-order chi connectivity index (χ0) is 17.3. The minimum Gasteiger partial charge on any atom is -0.295 e.